The van der Waals surface area contributed by atoms with Crippen LogP contribution in [-0.2, 0) is 16.1 Å². The summed E-state index contributed by atoms with van der Waals surface area (Å²) in [4.78, 5) is 35.9. The van der Waals surface area contributed by atoms with E-state index in [0.29, 0.717) is 41.2 Å². The Kier molecular flexibility index (Phi) is 4.60. The fourth-order valence-corrected chi connectivity index (χ4v) is 3.13. The summed E-state index contributed by atoms with van der Waals surface area (Å²) in [6.07, 6.45) is 0.177. The number of ether oxygens (including phenoxy) is 1. The van der Waals surface area contributed by atoms with Crippen molar-refractivity contribution in [1.29, 1.82) is 0 Å². The molecule has 8 nitrogen and oxygen atoms in total. The number of nitrogens with zero attached hydrogens (tertiary/aromatic N) is 1. The largest absolute Gasteiger partial charge is 0.479 e. The van der Waals surface area contributed by atoms with Crippen molar-refractivity contribution in [2.45, 2.75) is 32.4 Å². The summed E-state index contributed by atoms with van der Waals surface area (Å²) in [5.74, 6) is -0.274. The molecule has 0 bridgehead atoms. The summed E-state index contributed by atoms with van der Waals surface area (Å²) < 4.78 is 12.2. The Morgan fingerprint density at radius 1 is 1.21 bits per heavy atom. The number of amides is 2. The average Bonchev–Trinajstić information content (AvgIpc) is 2.98. The van der Waals surface area contributed by atoms with Gasteiger partial charge in [0.25, 0.3) is 5.91 Å². The van der Waals surface area contributed by atoms with E-state index in [0.717, 1.165) is 0 Å². The molecule has 1 aromatic heterocycles. The van der Waals surface area contributed by atoms with E-state index in [-0.39, 0.29) is 18.2 Å². The van der Waals surface area contributed by atoms with Crippen LogP contribution in [0, 0.1) is 0 Å². The highest BCUT2D eigenvalue weighted by molar-refractivity contribution is 5.99. The van der Waals surface area contributed by atoms with E-state index in [9.17, 15) is 14.4 Å². The summed E-state index contributed by atoms with van der Waals surface area (Å²) >= 11 is 0. The maximum Gasteiger partial charge on any atom is 0.419 e. The molecule has 28 heavy (non-hydrogen) atoms. The number of carbonyl (C=O) groups is 2. The third-order valence-electron chi connectivity index (χ3n) is 4.55. The van der Waals surface area contributed by atoms with Gasteiger partial charge in [0.05, 0.1) is 11.2 Å². The zero-order valence-electron chi connectivity index (χ0n) is 15.2. The second kappa shape index (κ2) is 7.22. The van der Waals surface area contributed by atoms with Crippen molar-refractivity contribution < 1.29 is 18.7 Å². The molecule has 1 atom stereocenters. The predicted molar refractivity (Wildman–Crippen MR) is 103 cm³/mol. The molecule has 2 N–H and O–H groups in total. The molecule has 0 fully saturated rings. The number of hydrogen-bond donors (Lipinski definition) is 2. The van der Waals surface area contributed by atoms with Crippen LogP contribution in [0.2, 0.25) is 0 Å². The standard InChI is InChI=1S/C20H19N3O5/c1-12-19(25)22-14-11-13(8-9-16(14)27-12)21-18(24)7-4-10-23-15-5-2-3-6-17(15)28-20(23)26/h2-3,5-6,8-9,11-12H,4,7,10H2,1H3,(H,21,24)(H,22,25). The van der Waals surface area contributed by atoms with Crippen LogP contribution in [0.25, 0.3) is 11.1 Å². The topological polar surface area (TPSA) is 103 Å². The third kappa shape index (κ3) is 3.48. The smallest absolute Gasteiger partial charge is 0.419 e. The lowest BCUT2D eigenvalue weighted by molar-refractivity contribution is -0.122. The second-order valence-corrected chi connectivity index (χ2v) is 6.60. The molecule has 2 amide bonds. The minimum atomic E-state index is -0.546. The number of aromatic nitrogens is 1. The van der Waals surface area contributed by atoms with Crippen molar-refractivity contribution in [2.24, 2.45) is 0 Å². The summed E-state index contributed by atoms with van der Waals surface area (Å²) in [5.41, 5.74) is 2.34. The maximum absolute atomic E-state index is 12.2. The zero-order chi connectivity index (χ0) is 19.7. The van der Waals surface area contributed by atoms with E-state index in [1.54, 1.807) is 37.3 Å². The molecule has 0 radical (unpaired) electrons. The van der Waals surface area contributed by atoms with Crippen LogP contribution in [0.4, 0.5) is 11.4 Å². The number of oxazole rings is 1. The van der Waals surface area contributed by atoms with Crippen LogP contribution in [0.5, 0.6) is 5.75 Å². The normalized spacial score (nSPS) is 15.6. The van der Waals surface area contributed by atoms with Gasteiger partial charge in [-0.2, -0.15) is 0 Å². The van der Waals surface area contributed by atoms with E-state index in [4.69, 9.17) is 9.15 Å². The first-order chi connectivity index (χ1) is 13.5. The van der Waals surface area contributed by atoms with Gasteiger partial charge in [-0.1, -0.05) is 12.1 Å². The van der Waals surface area contributed by atoms with Crippen LogP contribution in [0.1, 0.15) is 19.8 Å². The van der Waals surface area contributed by atoms with Crippen molar-refractivity contribution in [3.05, 3.63) is 53.0 Å². The van der Waals surface area contributed by atoms with Crippen molar-refractivity contribution in [3.63, 3.8) is 0 Å². The van der Waals surface area contributed by atoms with Gasteiger partial charge in [0, 0.05) is 18.7 Å². The molecule has 144 valence electrons. The lowest BCUT2D eigenvalue weighted by Crippen LogP contribution is -2.34. The van der Waals surface area contributed by atoms with Crippen LogP contribution < -0.4 is 21.1 Å². The van der Waals surface area contributed by atoms with Crippen molar-refractivity contribution in [3.8, 4) is 5.75 Å². The molecule has 1 unspecified atom stereocenters. The quantitative estimate of drug-likeness (QED) is 0.707. The maximum atomic E-state index is 12.2. The summed E-state index contributed by atoms with van der Waals surface area (Å²) in [7, 11) is 0. The minimum Gasteiger partial charge on any atom is -0.479 e. The van der Waals surface area contributed by atoms with Gasteiger partial charge in [0.15, 0.2) is 11.7 Å². The number of carbonyl (C=O) groups excluding carboxylic acids is 2. The number of rotatable bonds is 5. The highest BCUT2D eigenvalue weighted by atomic mass is 16.5. The minimum absolute atomic E-state index is 0.183. The Morgan fingerprint density at radius 2 is 2.04 bits per heavy atom. The number of aryl methyl sites for hydroxylation is 1. The molecule has 1 aliphatic heterocycles. The Hall–Kier alpha value is -3.55. The summed E-state index contributed by atoms with van der Waals surface area (Å²) in [5, 5.41) is 5.54. The molecule has 4 rings (SSSR count). The highest BCUT2D eigenvalue weighted by Crippen LogP contribution is 2.32. The molecule has 3 aromatic rings. The van der Waals surface area contributed by atoms with E-state index in [2.05, 4.69) is 10.6 Å². The van der Waals surface area contributed by atoms with Gasteiger partial charge in [-0.05, 0) is 43.7 Å². The van der Waals surface area contributed by atoms with Crippen LogP contribution in [0.3, 0.4) is 0 Å². The lowest BCUT2D eigenvalue weighted by atomic mass is 10.2. The monoisotopic (exact) mass is 381 g/mol. The molecular weight excluding hydrogens is 362 g/mol. The van der Waals surface area contributed by atoms with Crippen LogP contribution >= 0.6 is 0 Å². The third-order valence-corrected chi connectivity index (χ3v) is 4.55. The Bertz CT molecular complexity index is 1110. The van der Waals surface area contributed by atoms with Crippen molar-refractivity contribution in [1.82, 2.24) is 4.57 Å². The van der Waals surface area contributed by atoms with Gasteiger partial charge in [0.1, 0.15) is 5.75 Å². The SMILES string of the molecule is CC1Oc2ccc(NC(=O)CCCn3c(=O)oc4ccccc43)cc2NC1=O. The van der Waals surface area contributed by atoms with Crippen molar-refractivity contribution >= 4 is 34.3 Å². The number of hydrogen-bond acceptors (Lipinski definition) is 5. The highest BCUT2D eigenvalue weighted by Gasteiger charge is 2.23. The van der Waals surface area contributed by atoms with Gasteiger partial charge >= 0.3 is 5.76 Å². The Labute approximate surface area is 160 Å². The summed E-state index contributed by atoms with van der Waals surface area (Å²) in [6.45, 7) is 2.05. The first kappa shape index (κ1) is 17.8. The fraction of sp³-hybridized carbons (Fsp3) is 0.250. The number of para-hydroxylation sites is 2. The molecule has 8 heteroatoms. The molecule has 0 saturated carbocycles. The second-order valence-electron chi connectivity index (χ2n) is 6.60. The van der Waals surface area contributed by atoms with Gasteiger partial charge in [0.2, 0.25) is 5.91 Å². The summed E-state index contributed by atoms with van der Waals surface area (Å²) in [6, 6.07) is 12.3. The molecule has 0 aliphatic carbocycles. The van der Waals surface area contributed by atoms with Crippen LogP contribution in [0.15, 0.2) is 51.7 Å². The van der Waals surface area contributed by atoms with Gasteiger partial charge < -0.3 is 19.8 Å². The van der Waals surface area contributed by atoms with E-state index >= 15 is 0 Å². The molecule has 2 heterocycles. The molecule has 0 saturated heterocycles. The van der Waals surface area contributed by atoms with E-state index in [1.807, 2.05) is 12.1 Å². The number of fused-ring (bicyclic) bond motifs is 2. The van der Waals surface area contributed by atoms with E-state index in [1.165, 1.54) is 4.57 Å². The Morgan fingerprint density at radius 3 is 2.89 bits per heavy atom. The van der Waals surface area contributed by atoms with E-state index < -0.39 is 11.9 Å². The lowest BCUT2D eigenvalue weighted by Gasteiger charge is -2.23. The first-order valence-electron chi connectivity index (χ1n) is 9.01. The molecular formula is C20H19N3O5. The van der Waals surface area contributed by atoms with Gasteiger partial charge in [-0.3, -0.25) is 14.2 Å². The van der Waals surface area contributed by atoms with Crippen molar-refractivity contribution in [2.75, 3.05) is 10.6 Å². The number of benzene rings is 2. The van der Waals surface area contributed by atoms with Gasteiger partial charge in [-0.25, -0.2) is 4.79 Å². The average molecular weight is 381 g/mol. The zero-order valence-corrected chi connectivity index (χ0v) is 15.2. The molecule has 1 aliphatic rings. The first-order valence-corrected chi connectivity index (χ1v) is 9.01. The number of anilines is 2. The Balaban J connectivity index is 1.36. The predicted octanol–water partition coefficient (Wildman–Crippen LogP) is 2.73. The fourth-order valence-electron chi connectivity index (χ4n) is 3.13. The molecule has 0 spiro atoms. The number of nitrogens with one attached hydrogen (secondary N) is 2. The van der Waals surface area contributed by atoms with Gasteiger partial charge in [-0.15, -0.1) is 0 Å². The molecule has 2 aromatic carbocycles. The van der Waals surface area contributed by atoms with Crippen LogP contribution in [-0.4, -0.2) is 22.5 Å².